The first kappa shape index (κ1) is 12.1. The molecule has 0 heterocycles. The summed E-state index contributed by atoms with van der Waals surface area (Å²) < 4.78 is 5.60. The smallest absolute Gasteiger partial charge is 0.144 e. The third-order valence-electron chi connectivity index (χ3n) is 3.09. The highest BCUT2D eigenvalue weighted by molar-refractivity contribution is 5.72. The first-order chi connectivity index (χ1) is 8.31. The Morgan fingerprint density at radius 3 is 2.94 bits per heavy atom. The van der Waals surface area contributed by atoms with Crippen LogP contribution >= 0.6 is 0 Å². The number of para-hydroxylation sites is 1. The molecule has 1 aromatic rings. The molecule has 17 heavy (non-hydrogen) atoms. The topological polar surface area (TPSA) is 47.3 Å². The van der Waals surface area contributed by atoms with E-state index in [1.165, 1.54) is 19.3 Å². The minimum atomic E-state index is 0.718. The van der Waals surface area contributed by atoms with Crippen LogP contribution in [0.2, 0.25) is 0 Å². The quantitative estimate of drug-likeness (QED) is 0.712. The van der Waals surface area contributed by atoms with Gasteiger partial charge in [-0.1, -0.05) is 25.8 Å². The van der Waals surface area contributed by atoms with Gasteiger partial charge in [0.15, 0.2) is 0 Å². The van der Waals surface area contributed by atoms with Gasteiger partial charge in [-0.25, -0.2) is 0 Å². The van der Waals surface area contributed by atoms with Gasteiger partial charge in [-0.2, -0.15) is 0 Å². The van der Waals surface area contributed by atoms with E-state index in [0.29, 0.717) is 0 Å². The van der Waals surface area contributed by atoms with Crippen molar-refractivity contribution in [3.63, 3.8) is 0 Å². The van der Waals surface area contributed by atoms with E-state index in [1.807, 2.05) is 18.2 Å². The Balaban J connectivity index is 1.90. The van der Waals surface area contributed by atoms with Crippen LogP contribution < -0.4 is 15.8 Å². The monoisotopic (exact) mass is 234 g/mol. The van der Waals surface area contributed by atoms with Crippen LogP contribution in [0.15, 0.2) is 18.2 Å². The molecule has 1 aliphatic rings. The Kier molecular flexibility index (Phi) is 4.13. The van der Waals surface area contributed by atoms with E-state index in [-0.39, 0.29) is 0 Å². The van der Waals surface area contributed by atoms with E-state index < -0.39 is 0 Å². The predicted octanol–water partition coefficient (Wildman–Crippen LogP) is 3.27. The second-order valence-corrected chi connectivity index (χ2v) is 4.72. The lowest BCUT2D eigenvalue weighted by molar-refractivity contribution is 0.319. The third-order valence-corrected chi connectivity index (χ3v) is 3.09. The lowest BCUT2D eigenvalue weighted by atomic mass is 10.2. The molecule has 0 spiro atoms. The zero-order valence-electron chi connectivity index (χ0n) is 10.5. The summed E-state index contributed by atoms with van der Waals surface area (Å²) in [6.45, 7) is 3.82. The summed E-state index contributed by atoms with van der Waals surface area (Å²) in [6.07, 6.45) is 5.05. The van der Waals surface area contributed by atoms with Gasteiger partial charge in [-0.15, -0.1) is 0 Å². The molecule has 1 fully saturated rings. The normalized spacial score (nSPS) is 14.6. The Bertz CT molecular complexity index is 361. The average molecular weight is 234 g/mol. The molecule has 0 atom stereocenters. The molecule has 1 aromatic carbocycles. The van der Waals surface area contributed by atoms with Crippen molar-refractivity contribution in [2.45, 2.75) is 32.6 Å². The third kappa shape index (κ3) is 3.55. The van der Waals surface area contributed by atoms with Gasteiger partial charge in [-0.3, -0.25) is 0 Å². The highest BCUT2D eigenvalue weighted by Crippen LogP contribution is 2.33. The molecule has 1 aliphatic carbocycles. The molecule has 0 amide bonds. The van der Waals surface area contributed by atoms with Gasteiger partial charge in [0.05, 0.1) is 18.0 Å². The minimum Gasteiger partial charge on any atom is -0.491 e. The summed E-state index contributed by atoms with van der Waals surface area (Å²) in [5.74, 6) is 1.74. The molecular formula is C14H22N2O. The van der Waals surface area contributed by atoms with Crippen molar-refractivity contribution in [1.29, 1.82) is 0 Å². The lowest BCUT2D eigenvalue weighted by Gasteiger charge is -2.13. The van der Waals surface area contributed by atoms with Crippen LogP contribution in [-0.2, 0) is 0 Å². The van der Waals surface area contributed by atoms with E-state index in [4.69, 9.17) is 10.5 Å². The van der Waals surface area contributed by atoms with E-state index in [2.05, 4.69) is 12.2 Å². The molecular weight excluding hydrogens is 212 g/mol. The van der Waals surface area contributed by atoms with E-state index in [9.17, 15) is 0 Å². The number of nitrogen functional groups attached to an aromatic ring is 1. The van der Waals surface area contributed by atoms with Gasteiger partial charge in [-0.05, 0) is 30.9 Å². The largest absolute Gasteiger partial charge is 0.491 e. The first-order valence-electron chi connectivity index (χ1n) is 6.56. The number of benzene rings is 1. The lowest BCUT2D eigenvalue weighted by Crippen LogP contribution is -2.06. The van der Waals surface area contributed by atoms with Crippen molar-refractivity contribution in [3.05, 3.63) is 18.2 Å². The Morgan fingerprint density at radius 2 is 2.24 bits per heavy atom. The number of nitrogens with two attached hydrogens (primary N) is 1. The fraction of sp³-hybridized carbons (Fsp3) is 0.571. The van der Waals surface area contributed by atoms with E-state index in [0.717, 1.165) is 42.6 Å². The molecule has 0 aliphatic heterocycles. The predicted molar refractivity (Wildman–Crippen MR) is 72.5 cm³/mol. The Hall–Kier alpha value is -1.38. The second kappa shape index (κ2) is 5.80. The van der Waals surface area contributed by atoms with Gasteiger partial charge in [0.2, 0.25) is 0 Å². The minimum absolute atomic E-state index is 0.718. The number of hydrogen-bond donors (Lipinski definition) is 2. The maximum Gasteiger partial charge on any atom is 0.144 e. The summed E-state index contributed by atoms with van der Waals surface area (Å²) in [6, 6.07) is 5.93. The molecule has 2 rings (SSSR count). The van der Waals surface area contributed by atoms with Gasteiger partial charge in [0.1, 0.15) is 5.75 Å². The Morgan fingerprint density at radius 1 is 1.41 bits per heavy atom. The number of nitrogens with one attached hydrogen (secondary N) is 1. The zero-order chi connectivity index (χ0) is 12.1. The number of anilines is 2. The molecule has 3 nitrogen and oxygen atoms in total. The van der Waals surface area contributed by atoms with Crippen LogP contribution in [0, 0.1) is 5.92 Å². The Labute approximate surface area is 103 Å². The highest BCUT2D eigenvalue weighted by atomic mass is 16.5. The first-order valence-corrected chi connectivity index (χ1v) is 6.56. The summed E-state index contributed by atoms with van der Waals surface area (Å²) in [4.78, 5) is 0. The summed E-state index contributed by atoms with van der Waals surface area (Å²) in [5.41, 5.74) is 7.80. The van der Waals surface area contributed by atoms with Crippen LogP contribution in [0.3, 0.4) is 0 Å². The molecule has 3 heteroatoms. The fourth-order valence-corrected chi connectivity index (χ4v) is 1.85. The SMILES string of the molecule is CCCOc1cccc(NCCC2CC2)c1N. The molecule has 94 valence electrons. The van der Waals surface area contributed by atoms with Gasteiger partial charge >= 0.3 is 0 Å². The van der Waals surface area contributed by atoms with Crippen LogP contribution in [0.1, 0.15) is 32.6 Å². The summed E-state index contributed by atoms with van der Waals surface area (Å²) in [5, 5.41) is 3.40. The second-order valence-electron chi connectivity index (χ2n) is 4.72. The molecule has 0 unspecified atom stereocenters. The van der Waals surface area contributed by atoms with Crippen molar-refractivity contribution in [2.24, 2.45) is 5.92 Å². The van der Waals surface area contributed by atoms with Crippen LogP contribution in [0.5, 0.6) is 5.75 Å². The summed E-state index contributed by atoms with van der Waals surface area (Å²) >= 11 is 0. The van der Waals surface area contributed by atoms with Crippen molar-refractivity contribution in [2.75, 3.05) is 24.2 Å². The van der Waals surface area contributed by atoms with Gasteiger partial charge in [0.25, 0.3) is 0 Å². The number of hydrogen-bond acceptors (Lipinski definition) is 3. The van der Waals surface area contributed by atoms with E-state index in [1.54, 1.807) is 0 Å². The molecule has 0 saturated heterocycles. The molecule has 0 bridgehead atoms. The average Bonchev–Trinajstić information content (AvgIpc) is 3.14. The molecule has 0 radical (unpaired) electrons. The number of ether oxygens (including phenoxy) is 1. The van der Waals surface area contributed by atoms with Gasteiger partial charge < -0.3 is 15.8 Å². The molecule has 0 aromatic heterocycles. The van der Waals surface area contributed by atoms with Crippen molar-refractivity contribution in [3.8, 4) is 5.75 Å². The van der Waals surface area contributed by atoms with Crippen LogP contribution in [0.25, 0.3) is 0 Å². The van der Waals surface area contributed by atoms with Crippen LogP contribution in [0.4, 0.5) is 11.4 Å². The van der Waals surface area contributed by atoms with Crippen LogP contribution in [-0.4, -0.2) is 13.2 Å². The maximum atomic E-state index is 6.07. The highest BCUT2D eigenvalue weighted by Gasteiger charge is 2.20. The summed E-state index contributed by atoms with van der Waals surface area (Å²) in [7, 11) is 0. The standard InChI is InChI=1S/C14H22N2O/c1-2-10-17-13-5-3-4-12(14(13)15)16-9-8-11-6-7-11/h3-5,11,16H,2,6-10,15H2,1H3. The maximum absolute atomic E-state index is 6.07. The van der Waals surface area contributed by atoms with Crippen molar-refractivity contribution < 1.29 is 4.74 Å². The van der Waals surface area contributed by atoms with Crippen molar-refractivity contribution >= 4 is 11.4 Å². The fourth-order valence-electron chi connectivity index (χ4n) is 1.85. The number of rotatable bonds is 7. The van der Waals surface area contributed by atoms with Gasteiger partial charge in [0, 0.05) is 6.54 Å². The van der Waals surface area contributed by atoms with Crippen molar-refractivity contribution in [1.82, 2.24) is 0 Å². The molecule has 1 saturated carbocycles. The zero-order valence-corrected chi connectivity index (χ0v) is 10.5. The molecule has 3 N–H and O–H groups in total. The van der Waals surface area contributed by atoms with E-state index >= 15 is 0 Å².